The van der Waals surface area contributed by atoms with Crippen molar-refractivity contribution in [1.29, 1.82) is 0 Å². The Morgan fingerprint density at radius 1 is 1.35 bits per heavy atom. The molecular weight excluding hydrogens is 274 g/mol. The number of carbonyl (C=O) groups is 1. The van der Waals surface area contributed by atoms with Crippen LogP contribution in [0.5, 0.6) is 0 Å². The minimum absolute atomic E-state index is 0.0880. The fourth-order valence-electron chi connectivity index (χ4n) is 2.83. The molecule has 0 saturated heterocycles. The van der Waals surface area contributed by atoms with E-state index in [0.29, 0.717) is 18.9 Å². The zero-order valence-corrected chi connectivity index (χ0v) is 13.1. The minimum atomic E-state index is -0.866. The third kappa shape index (κ3) is 4.30. The molecule has 1 unspecified atom stereocenters. The van der Waals surface area contributed by atoms with E-state index < -0.39 is 4.93 Å². The van der Waals surface area contributed by atoms with Gasteiger partial charge in [-0.25, -0.2) is 4.99 Å². The number of aliphatic hydroxyl groups is 1. The zero-order valence-electron chi connectivity index (χ0n) is 12.3. The molecule has 1 N–H and O–H groups in total. The van der Waals surface area contributed by atoms with Crippen molar-refractivity contribution in [3.05, 3.63) is 0 Å². The maximum absolute atomic E-state index is 12.0. The minimum Gasteiger partial charge on any atom is -0.396 e. The summed E-state index contributed by atoms with van der Waals surface area (Å²) in [5.41, 5.74) is 0. The first-order valence-corrected chi connectivity index (χ1v) is 8.51. The normalized spacial score (nSPS) is 28.5. The lowest BCUT2D eigenvalue weighted by Crippen LogP contribution is -2.31. The molecule has 1 aliphatic heterocycles. The van der Waals surface area contributed by atoms with E-state index in [-0.39, 0.29) is 12.5 Å². The quantitative estimate of drug-likeness (QED) is 0.604. The summed E-state index contributed by atoms with van der Waals surface area (Å²) in [6.07, 6.45) is 9.30. The molecule has 20 heavy (non-hydrogen) atoms. The van der Waals surface area contributed by atoms with Gasteiger partial charge in [-0.3, -0.25) is 4.79 Å². The summed E-state index contributed by atoms with van der Waals surface area (Å²) in [5.74, 6) is 0.500. The molecule has 1 amide bonds. The van der Waals surface area contributed by atoms with Gasteiger partial charge in [-0.1, -0.05) is 50.3 Å². The van der Waals surface area contributed by atoms with Crippen LogP contribution in [0.15, 0.2) is 4.99 Å². The smallest absolute Gasteiger partial charge is 0.289 e. The largest absolute Gasteiger partial charge is 0.396 e. The van der Waals surface area contributed by atoms with E-state index in [0.717, 1.165) is 11.5 Å². The van der Waals surface area contributed by atoms with E-state index in [1.807, 2.05) is 0 Å². The first-order valence-electron chi connectivity index (χ1n) is 7.70. The predicted molar refractivity (Wildman–Crippen MR) is 81.9 cm³/mol. The number of aliphatic hydroxyl groups excluding tert-OH is 1. The van der Waals surface area contributed by atoms with Gasteiger partial charge in [-0.2, -0.15) is 0 Å². The Morgan fingerprint density at radius 2 is 2.05 bits per heavy atom. The Kier molecular flexibility index (Phi) is 6.05. The molecule has 0 aromatic carbocycles. The number of nitrogens with zero attached hydrogens (tertiary/aromatic N) is 1. The SMILES string of the molecule is CC1(OCCCO)SC(CC2CCCCCC2)=NC1=O. The van der Waals surface area contributed by atoms with E-state index in [1.165, 1.54) is 50.3 Å². The van der Waals surface area contributed by atoms with Crippen molar-refractivity contribution < 1.29 is 14.6 Å². The molecule has 2 rings (SSSR count). The Balaban J connectivity index is 1.84. The Hall–Kier alpha value is -0.390. The number of ether oxygens (including phenoxy) is 1. The molecule has 1 saturated carbocycles. The highest BCUT2D eigenvalue weighted by Crippen LogP contribution is 2.39. The average Bonchev–Trinajstić information content (AvgIpc) is 2.60. The van der Waals surface area contributed by atoms with Crippen LogP contribution < -0.4 is 0 Å². The van der Waals surface area contributed by atoms with Crippen LogP contribution in [-0.4, -0.2) is 34.2 Å². The van der Waals surface area contributed by atoms with Crippen LogP contribution in [0.2, 0.25) is 0 Å². The van der Waals surface area contributed by atoms with Crippen molar-refractivity contribution in [3.63, 3.8) is 0 Å². The summed E-state index contributed by atoms with van der Waals surface area (Å²) in [5, 5.41) is 9.72. The molecule has 0 aromatic rings. The Bertz CT molecular complexity index is 364. The van der Waals surface area contributed by atoms with Crippen LogP contribution in [-0.2, 0) is 9.53 Å². The molecule has 0 bridgehead atoms. The summed E-state index contributed by atoms with van der Waals surface area (Å²) < 4.78 is 5.63. The van der Waals surface area contributed by atoms with Gasteiger partial charge < -0.3 is 9.84 Å². The summed E-state index contributed by atoms with van der Waals surface area (Å²) in [4.78, 5) is 15.3. The molecule has 1 fully saturated rings. The van der Waals surface area contributed by atoms with Crippen molar-refractivity contribution in [2.45, 2.75) is 63.2 Å². The van der Waals surface area contributed by atoms with E-state index in [4.69, 9.17) is 9.84 Å². The molecule has 4 nitrogen and oxygen atoms in total. The van der Waals surface area contributed by atoms with Gasteiger partial charge in [0.05, 0.1) is 11.7 Å². The monoisotopic (exact) mass is 299 g/mol. The number of hydrogen-bond donors (Lipinski definition) is 1. The molecule has 1 aliphatic carbocycles. The molecule has 2 aliphatic rings. The third-order valence-corrected chi connectivity index (χ3v) is 5.22. The third-order valence-electron chi connectivity index (χ3n) is 4.05. The first kappa shape index (κ1) is 16.0. The highest BCUT2D eigenvalue weighted by molar-refractivity contribution is 8.16. The van der Waals surface area contributed by atoms with Crippen molar-refractivity contribution in [2.24, 2.45) is 10.9 Å². The topological polar surface area (TPSA) is 58.9 Å². The van der Waals surface area contributed by atoms with Gasteiger partial charge in [-0.05, 0) is 25.7 Å². The molecule has 5 heteroatoms. The van der Waals surface area contributed by atoms with Gasteiger partial charge in [0.1, 0.15) is 0 Å². The first-order chi connectivity index (χ1) is 9.64. The van der Waals surface area contributed by atoms with Gasteiger partial charge in [0.15, 0.2) is 4.93 Å². The van der Waals surface area contributed by atoms with Crippen LogP contribution in [0, 0.1) is 5.92 Å². The van der Waals surface area contributed by atoms with E-state index in [2.05, 4.69) is 4.99 Å². The van der Waals surface area contributed by atoms with Crippen LogP contribution >= 0.6 is 11.8 Å². The molecule has 1 heterocycles. The number of amides is 1. The maximum Gasteiger partial charge on any atom is 0.289 e. The van der Waals surface area contributed by atoms with Gasteiger partial charge in [0.25, 0.3) is 5.91 Å². The summed E-state index contributed by atoms with van der Waals surface area (Å²) in [7, 11) is 0. The molecule has 0 spiro atoms. The van der Waals surface area contributed by atoms with Crippen LogP contribution in [0.4, 0.5) is 0 Å². The van der Waals surface area contributed by atoms with Crippen molar-refractivity contribution in [2.75, 3.05) is 13.2 Å². The second kappa shape index (κ2) is 7.57. The fourth-order valence-corrected chi connectivity index (χ4v) is 4.00. The van der Waals surface area contributed by atoms with Gasteiger partial charge in [0.2, 0.25) is 0 Å². The fraction of sp³-hybridized carbons (Fsp3) is 0.867. The number of hydrogen-bond acceptors (Lipinski definition) is 4. The van der Waals surface area contributed by atoms with Crippen molar-refractivity contribution in [1.82, 2.24) is 0 Å². The second-order valence-corrected chi connectivity index (χ2v) is 7.30. The molecule has 114 valence electrons. The van der Waals surface area contributed by atoms with Gasteiger partial charge in [0, 0.05) is 6.61 Å². The van der Waals surface area contributed by atoms with Crippen molar-refractivity contribution in [3.8, 4) is 0 Å². The van der Waals surface area contributed by atoms with Crippen LogP contribution in [0.3, 0.4) is 0 Å². The Morgan fingerprint density at radius 3 is 2.70 bits per heavy atom. The number of rotatable bonds is 6. The van der Waals surface area contributed by atoms with E-state index in [9.17, 15) is 4.79 Å². The number of carbonyl (C=O) groups excluding carboxylic acids is 1. The van der Waals surface area contributed by atoms with E-state index >= 15 is 0 Å². The molecule has 0 aromatic heterocycles. The summed E-state index contributed by atoms with van der Waals surface area (Å²) >= 11 is 1.47. The highest BCUT2D eigenvalue weighted by Gasteiger charge is 2.42. The van der Waals surface area contributed by atoms with Crippen molar-refractivity contribution >= 4 is 22.7 Å². The molecule has 1 atom stereocenters. The highest BCUT2D eigenvalue weighted by atomic mass is 32.2. The lowest BCUT2D eigenvalue weighted by Gasteiger charge is -2.21. The van der Waals surface area contributed by atoms with Crippen LogP contribution in [0.1, 0.15) is 58.3 Å². The summed E-state index contributed by atoms with van der Waals surface area (Å²) in [6.45, 7) is 2.28. The molecule has 0 radical (unpaired) electrons. The standard InChI is InChI=1S/C15H25NO3S/c1-15(19-10-6-9-17)14(18)16-13(20-15)11-12-7-4-2-3-5-8-12/h12,17H,2-11H2,1H3. The van der Waals surface area contributed by atoms with Gasteiger partial charge >= 0.3 is 0 Å². The lowest BCUT2D eigenvalue weighted by molar-refractivity contribution is -0.130. The van der Waals surface area contributed by atoms with Crippen LogP contribution in [0.25, 0.3) is 0 Å². The number of thioether (sulfide) groups is 1. The van der Waals surface area contributed by atoms with E-state index in [1.54, 1.807) is 6.92 Å². The maximum atomic E-state index is 12.0. The summed E-state index contributed by atoms with van der Waals surface area (Å²) in [6, 6.07) is 0. The zero-order chi connectivity index (χ0) is 14.4. The van der Waals surface area contributed by atoms with Gasteiger partial charge in [-0.15, -0.1) is 0 Å². The Labute approximate surface area is 125 Å². The average molecular weight is 299 g/mol. The number of aliphatic imine (C=N–C) groups is 1. The predicted octanol–water partition coefficient (Wildman–Crippen LogP) is 3.13. The second-order valence-electron chi connectivity index (χ2n) is 5.85. The molecular formula is C15H25NO3S. The lowest BCUT2D eigenvalue weighted by atomic mass is 9.97.